The molecule has 1 fully saturated rings. The highest BCUT2D eigenvalue weighted by Gasteiger charge is 2.32. The molecule has 8 heteroatoms. The van der Waals surface area contributed by atoms with Crippen molar-refractivity contribution in [3.8, 4) is 5.75 Å². The Kier molecular flexibility index (Phi) is 7.31. The Morgan fingerprint density at radius 3 is 2.09 bits per heavy atom. The Bertz CT molecular complexity index is 1140. The first-order valence-electron chi connectivity index (χ1n) is 11.6. The van der Waals surface area contributed by atoms with Crippen LogP contribution in [0.25, 0.3) is 0 Å². The lowest BCUT2D eigenvalue weighted by molar-refractivity contribution is -0.383. The first kappa shape index (κ1) is 24.2. The zero-order chi connectivity index (χ0) is 24.9. The fourth-order valence-corrected chi connectivity index (χ4v) is 4.85. The monoisotopic (exact) mass is 474 g/mol. The summed E-state index contributed by atoms with van der Waals surface area (Å²) in [7, 11) is 3.17. The molecule has 4 rings (SSSR count). The average Bonchev–Trinajstić information content (AvgIpc) is 2.89. The number of nitrogen functional groups attached to an aromatic ring is 1. The highest BCUT2D eigenvalue weighted by Crippen LogP contribution is 2.34. The van der Waals surface area contributed by atoms with Crippen molar-refractivity contribution in [2.75, 3.05) is 33.0 Å². The Hall–Kier alpha value is -3.91. The summed E-state index contributed by atoms with van der Waals surface area (Å²) < 4.78 is 5.31. The molecule has 0 aromatic heterocycles. The van der Waals surface area contributed by atoms with Crippen molar-refractivity contribution in [1.29, 1.82) is 0 Å². The largest absolute Gasteiger partial charge is 0.496 e. The molecule has 0 unspecified atom stereocenters. The lowest BCUT2D eigenvalue weighted by Gasteiger charge is -2.41. The van der Waals surface area contributed by atoms with E-state index in [1.807, 2.05) is 12.1 Å². The van der Waals surface area contributed by atoms with Crippen LogP contribution >= 0.6 is 0 Å². The van der Waals surface area contributed by atoms with Crippen molar-refractivity contribution in [2.24, 2.45) is 0 Å². The molecule has 3 aromatic rings. The van der Waals surface area contributed by atoms with E-state index in [2.05, 4.69) is 53.4 Å². The molecule has 35 heavy (non-hydrogen) atoms. The third-order valence-corrected chi connectivity index (χ3v) is 6.74. The maximum Gasteiger partial charge on any atom is 0.293 e. The van der Waals surface area contributed by atoms with Crippen molar-refractivity contribution in [2.45, 2.75) is 24.9 Å². The maximum atomic E-state index is 13.3. The second-order valence-corrected chi connectivity index (χ2v) is 8.78. The number of carbonyl (C=O) groups excluding carboxylic acids is 1. The molecular weight excluding hydrogens is 444 g/mol. The number of piperidine rings is 1. The van der Waals surface area contributed by atoms with Gasteiger partial charge in [0.2, 0.25) is 0 Å². The fraction of sp³-hybridized carbons (Fsp3) is 0.296. The minimum atomic E-state index is -0.586. The lowest BCUT2D eigenvalue weighted by atomic mass is 9.93. The molecule has 1 aliphatic heterocycles. The van der Waals surface area contributed by atoms with Crippen LogP contribution in [0.1, 0.15) is 40.4 Å². The van der Waals surface area contributed by atoms with E-state index in [4.69, 9.17) is 10.5 Å². The van der Waals surface area contributed by atoms with Crippen LogP contribution < -0.4 is 10.5 Å². The Labute approximate surface area is 205 Å². The predicted molar refractivity (Wildman–Crippen MR) is 135 cm³/mol. The van der Waals surface area contributed by atoms with Crippen molar-refractivity contribution in [1.82, 2.24) is 9.80 Å². The third-order valence-electron chi connectivity index (χ3n) is 6.74. The van der Waals surface area contributed by atoms with Gasteiger partial charge in [-0.15, -0.1) is 0 Å². The number of nitrogens with zero attached hydrogens (tertiary/aromatic N) is 3. The zero-order valence-corrected chi connectivity index (χ0v) is 20.0. The summed E-state index contributed by atoms with van der Waals surface area (Å²) in [6.07, 6.45) is 1.58. The van der Waals surface area contributed by atoms with Crippen LogP contribution in [0, 0.1) is 10.1 Å². The molecule has 1 amide bonds. The van der Waals surface area contributed by atoms with Crippen molar-refractivity contribution in [3.63, 3.8) is 0 Å². The zero-order valence-electron chi connectivity index (χ0n) is 20.0. The molecular formula is C27H30N4O4. The number of nitro benzene ring substituents is 1. The van der Waals surface area contributed by atoms with Crippen LogP contribution in [-0.2, 0) is 0 Å². The summed E-state index contributed by atoms with van der Waals surface area (Å²) in [6.45, 7) is 1.63. The van der Waals surface area contributed by atoms with E-state index < -0.39 is 4.92 Å². The topological polar surface area (TPSA) is 102 Å². The number of benzene rings is 3. The second-order valence-electron chi connectivity index (χ2n) is 8.78. The van der Waals surface area contributed by atoms with Gasteiger partial charge in [0.1, 0.15) is 11.4 Å². The number of likely N-dealkylation sites (tertiary alicyclic amines) is 1. The van der Waals surface area contributed by atoms with Gasteiger partial charge < -0.3 is 15.4 Å². The first-order chi connectivity index (χ1) is 16.9. The van der Waals surface area contributed by atoms with Gasteiger partial charge in [-0.2, -0.15) is 0 Å². The van der Waals surface area contributed by atoms with Gasteiger partial charge in [-0.3, -0.25) is 19.8 Å². The molecule has 0 saturated carbocycles. The molecule has 182 valence electrons. The number of hydrogen-bond acceptors (Lipinski definition) is 6. The molecule has 8 nitrogen and oxygen atoms in total. The number of nitro groups is 1. The van der Waals surface area contributed by atoms with Crippen molar-refractivity contribution in [3.05, 3.63) is 99.6 Å². The molecule has 0 bridgehead atoms. The van der Waals surface area contributed by atoms with Crippen LogP contribution in [0.3, 0.4) is 0 Å². The number of rotatable bonds is 7. The second kappa shape index (κ2) is 10.6. The first-order valence-corrected chi connectivity index (χ1v) is 11.6. The van der Waals surface area contributed by atoms with Crippen LogP contribution in [0.5, 0.6) is 5.75 Å². The molecule has 1 aliphatic rings. The van der Waals surface area contributed by atoms with Crippen LogP contribution in [0.2, 0.25) is 0 Å². The normalized spacial score (nSPS) is 14.6. The predicted octanol–water partition coefficient (Wildman–Crippen LogP) is 4.51. The number of anilines is 1. The summed E-state index contributed by atoms with van der Waals surface area (Å²) in [5.41, 5.74) is 8.05. The fourth-order valence-electron chi connectivity index (χ4n) is 4.85. The molecule has 2 N–H and O–H groups in total. The highest BCUT2D eigenvalue weighted by atomic mass is 16.6. The molecule has 0 spiro atoms. The van der Waals surface area contributed by atoms with Crippen molar-refractivity contribution < 1.29 is 14.5 Å². The summed E-state index contributed by atoms with van der Waals surface area (Å²) in [5.74, 6) is -0.0818. The Morgan fingerprint density at radius 2 is 1.60 bits per heavy atom. The number of carbonyl (C=O) groups is 1. The molecule has 1 saturated heterocycles. The van der Waals surface area contributed by atoms with E-state index in [1.165, 1.54) is 30.4 Å². The number of ether oxygens (including phenoxy) is 1. The van der Waals surface area contributed by atoms with Crippen molar-refractivity contribution >= 4 is 17.3 Å². The number of methoxy groups -OCH3 is 1. The standard InChI is InChI=1S/C27H30N4O4/c1-29(27(32)22-17-24(31(33)34)23(28)18-25(22)35-2)21-13-15-30(16-14-21)26(19-9-5-3-6-10-19)20-11-7-4-8-12-20/h3-12,17-18,21,26H,13-16,28H2,1-2H3. The van der Waals surface area contributed by atoms with Gasteiger partial charge in [0.05, 0.1) is 23.6 Å². The Morgan fingerprint density at radius 1 is 1.06 bits per heavy atom. The van der Waals surface area contributed by atoms with Gasteiger partial charge in [0, 0.05) is 38.3 Å². The highest BCUT2D eigenvalue weighted by molar-refractivity contribution is 5.98. The van der Waals surface area contributed by atoms with Crippen LogP contribution in [-0.4, -0.2) is 53.9 Å². The minimum absolute atomic E-state index is 0.00672. The van der Waals surface area contributed by atoms with Crippen LogP contribution in [0.4, 0.5) is 11.4 Å². The van der Waals surface area contributed by atoms with E-state index in [1.54, 1.807) is 11.9 Å². The molecule has 0 atom stereocenters. The van der Waals surface area contributed by atoms with E-state index >= 15 is 0 Å². The van der Waals surface area contributed by atoms with E-state index in [0.717, 1.165) is 25.9 Å². The Balaban J connectivity index is 1.52. The summed E-state index contributed by atoms with van der Waals surface area (Å²) in [6, 6.07) is 23.6. The van der Waals surface area contributed by atoms with Gasteiger partial charge in [-0.1, -0.05) is 60.7 Å². The quantitative estimate of drug-likeness (QED) is 0.307. The average molecular weight is 475 g/mol. The number of nitrogens with two attached hydrogens (primary N) is 1. The number of amides is 1. The van der Waals surface area contributed by atoms with Crippen LogP contribution in [0.15, 0.2) is 72.8 Å². The summed E-state index contributed by atoms with van der Waals surface area (Å²) in [4.78, 5) is 28.2. The van der Waals surface area contributed by atoms with Gasteiger partial charge in [-0.25, -0.2) is 0 Å². The van der Waals surface area contributed by atoms with E-state index in [-0.39, 0.29) is 40.7 Å². The van der Waals surface area contributed by atoms with E-state index in [0.29, 0.717) is 0 Å². The van der Waals surface area contributed by atoms with Gasteiger partial charge in [0.15, 0.2) is 0 Å². The van der Waals surface area contributed by atoms with Gasteiger partial charge in [0.25, 0.3) is 11.6 Å². The SMILES string of the molecule is COc1cc(N)c([N+](=O)[O-])cc1C(=O)N(C)C1CCN(C(c2ccccc2)c2ccccc2)CC1. The maximum absolute atomic E-state index is 13.3. The van der Waals surface area contributed by atoms with E-state index in [9.17, 15) is 14.9 Å². The molecule has 0 radical (unpaired) electrons. The molecule has 1 heterocycles. The smallest absolute Gasteiger partial charge is 0.293 e. The molecule has 0 aliphatic carbocycles. The summed E-state index contributed by atoms with van der Waals surface area (Å²) >= 11 is 0. The molecule has 3 aromatic carbocycles. The minimum Gasteiger partial charge on any atom is -0.496 e. The lowest BCUT2D eigenvalue weighted by Crippen LogP contribution is -2.46. The summed E-state index contributed by atoms with van der Waals surface area (Å²) in [5, 5.41) is 11.4. The number of hydrogen-bond donors (Lipinski definition) is 1. The van der Waals surface area contributed by atoms with Gasteiger partial charge >= 0.3 is 0 Å². The van der Waals surface area contributed by atoms with Gasteiger partial charge in [-0.05, 0) is 24.0 Å². The third kappa shape index (κ3) is 5.12.